The summed E-state index contributed by atoms with van der Waals surface area (Å²) in [4.78, 5) is 29.0. The van der Waals surface area contributed by atoms with Gasteiger partial charge in [0.2, 0.25) is 5.91 Å². The molecule has 1 aromatic rings. The molecule has 7 heteroatoms. The van der Waals surface area contributed by atoms with Crippen molar-refractivity contribution in [2.45, 2.75) is 44.5 Å². The molecule has 140 valence electrons. The summed E-state index contributed by atoms with van der Waals surface area (Å²) < 4.78 is 11.7. The van der Waals surface area contributed by atoms with Crippen LogP contribution < -0.4 is 4.74 Å². The molecule has 1 aromatic carbocycles. The summed E-state index contributed by atoms with van der Waals surface area (Å²) in [6, 6.07) is 6.83. The van der Waals surface area contributed by atoms with Gasteiger partial charge in [0.25, 0.3) is 5.91 Å². The highest BCUT2D eigenvalue weighted by molar-refractivity contribution is 6.30. The highest BCUT2D eigenvalue weighted by atomic mass is 35.5. The normalized spacial score (nSPS) is 30.1. The van der Waals surface area contributed by atoms with E-state index < -0.39 is 5.72 Å². The first-order valence-corrected chi connectivity index (χ1v) is 9.44. The van der Waals surface area contributed by atoms with Crippen LogP contribution in [0.3, 0.4) is 0 Å². The van der Waals surface area contributed by atoms with Gasteiger partial charge in [0.15, 0.2) is 12.3 Å². The summed E-state index contributed by atoms with van der Waals surface area (Å²) in [7, 11) is 0. The number of rotatable bonds is 4. The molecular weight excluding hydrogens is 356 g/mol. The highest BCUT2D eigenvalue weighted by Crippen LogP contribution is 2.48. The number of nitrogens with zero attached hydrogens (tertiary/aromatic N) is 2. The second kappa shape index (κ2) is 6.43. The Hall–Kier alpha value is -1.79. The summed E-state index contributed by atoms with van der Waals surface area (Å²) in [6.07, 6.45) is 0.988. The highest BCUT2D eigenvalue weighted by Gasteiger charge is 2.65. The summed E-state index contributed by atoms with van der Waals surface area (Å²) in [6.45, 7) is 5.25. The Morgan fingerprint density at radius 3 is 3.00 bits per heavy atom. The van der Waals surface area contributed by atoms with Crippen LogP contribution in [0.1, 0.15) is 26.7 Å². The molecule has 26 heavy (non-hydrogen) atoms. The summed E-state index contributed by atoms with van der Waals surface area (Å²) in [5.41, 5.74) is -0.641. The van der Waals surface area contributed by atoms with Crippen molar-refractivity contribution in [2.75, 3.05) is 19.8 Å². The van der Waals surface area contributed by atoms with Gasteiger partial charge in [0.1, 0.15) is 5.75 Å². The van der Waals surface area contributed by atoms with Gasteiger partial charge in [0, 0.05) is 18.0 Å². The van der Waals surface area contributed by atoms with Crippen LogP contribution in [0.15, 0.2) is 24.3 Å². The molecule has 2 amide bonds. The minimum absolute atomic E-state index is 0.0747. The number of carbonyl (C=O) groups is 2. The van der Waals surface area contributed by atoms with Gasteiger partial charge in [-0.05, 0) is 24.1 Å². The van der Waals surface area contributed by atoms with E-state index in [-0.39, 0.29) is 30.5 Å². The van der Waals surface area contributed by atoms with E-state index in [4.69, 9.17) is 21.1 Å². The fourth-order valence-electron chi connectivity index (χ4n) is 4.45. The second-order valence-corrected chi connectivity index (χ2v) is 7.97. The smallest absolute Gasteiger partial charge is 0.260 e. The van der Waals surface area contributed by atoms with Crippen LogP contribution >= 0.6 is 11.6 Å². The van der Waals surface area contributed by atoms with Crippen LogP contribution in [0.25, 0.3) is 0 Å². The van der Waals surface area contributed by atoms with E-state index in [0.29, 0.717) is 42.7 Å². The lowest BCUT2D eigenvalue weighted by atomic mass is 10.0. The maximum absolute atomic E-state index is 12.7. The van der Waals surface area contributed by atoms with Crippen molar-refractivity contribution in [3.8, 4) is 5.75 Å². The van der Waals surface area contributed by atoms with Crippen LogP contribution in [0, 0.1) is 5.92 Å². The van der Waals surface area contributed by atoms with Gasteiger partial charge in [-0.15, -0.1) is 0 Å². The number of ether oxygens (including phenoxy) is 2. The van der Waals surface area contributed by atoms with Crippen molar-refractivity contribution in [1.82, 2.24) is 9.80 Å². The Bertz CT molecular complexity index is 740. The van der Waals surface area contributed by atoms with Crippen molar-refractivity contribution < 1.29 is 19.1 Å². The standard InChI is InChI=1S/C19H23ClN2O4/c1-12(2)15-10-26-19-6-7-21(16(19)9-17(23)22(15)19)18(24)11-25-14-5-3-4-13(20)8-14/h3-5,8,12,15-16H,6-7,9-11H2,1-2H3/t15-,16+,19-/m0/s1. The average molecular weight is 379 g/mol. The van der Waals surface area contributed by atoms with Crippen LogP contribution in [0.2, 0.25) is 5.02 Å². The molecule has 4 rings (SSSR count). The third kappa shape index (κ3) is 2.67. The Morgan fingerprint density at radius 1 is 1.46 bits per heavy atom. The SMILES string of the molecule is CC(C)[C@@H]1CO[C@@]23CCN(C(=O)COc4cccc(Cl)c4)[C@@H]2CC(=O)N13. The first-order chi connectivity index (χ1) is 12.4. The monoisotopic (exact) mass is 378 g/mol. The molecule has 0 radical (unpaired) electrons. The number of hydrogen-bond acceptors (Lipinski definition) is 4. The third-order valence-corrected chi connectivity index (χ3v) is 5.97. The summed E-state index contributed by atoms with van der Waals surface area (Å²) in [5, 5.41) is 0.561. The van der Waals surface area contributed by atoms with Gasteiger partial charge in [-0.3, -0.25) is 9.59 Å². The van der Waals surface area contributed by atoms with Crippen LogP contribution in [0.4, 0.5) is 0 Å². The number of carbonyl (C=O) groups excluding carboxylic acids is 2. The Balaban J connectivity index is 1.47. The average Bonchev–Trinajstić information content (AvgIpc) is 3.22. The summed E-state index contributed by atoms with van der Waals surface area (Å²) >= 11 is 5.94. The minimum Gasteiger partial charge on any atom is -0.484 e. The summed E-state index contributed by atoms with van der Waals surface area (Å²) in [5.74, 6) is 0.839. The molecule has 3 aliphatic heterocycles. The Labute approximate surface area is 158 Å². The molecule has 3 atom stereocenters. The maximum atomic E-state index is 12.7. The van der Waals surface area contributed by atoms with Crippen molar-refractivity contribution >= 4 is 23.4 Å². The van der Waals surface area contributed by atoms with Crippen molar-refractivity contribution in [3.05, 3.63) is 29.3 Å². The zero-order chi connectivity index (χ0) is 18.5. The van der Waals surface area contributed by atoms with E-state index in [1.54, 1.807) is 29.2 Å². The molecule has 0 N–H and O–H groups in total. The van der Waals surface area contributed by atoms with Gasteiger partial charge in [-0.1, -0.05) is 31.5 Å². The molecule has 3 saturated heterocycles. The lowest BCUT2D eigenvalue weighted by molar-refractivity contribution is -0.142. The predicted octanol–water partition coefficient (Wildman–Crippen LogP) is 2.30. The van der Waals surface area contributed by atoms with Crippen LogP contribution in [-0.4, -0.2) is 59.2 Å². The molecule has 3 fully saturated rings. The van der Waals surface area contributed by atoms with Crippen LogP contribution in [-0.2, 0) is 14.3 Å². The number of benzene rings is 1. The van der Waals surface area contributed by atoms with E-state index in [0.717, 1.165) is 0 Å². The molecule has 0 aliphatic carbocycles. The fraction of sp³-hybridized carbons (Fsp3) is 0.579. The van der Waals surface area contributed by atoms with Gasteiger partial charge in [0.05, 0.1) is 25.1 Å². The third-order valence-electron chi connectivity index (χ3n) is 5.74. The zero-order valence-corrected chi connectivity index (χ0v) is 15.7. The zero-order valence-electron chi connectivity index (χ0n) is 15.0. The van der Waals surface area contributed by atoms with Gasteiger partial charge >= 0.3 is 0 Å². The molecule has 0 aromatic heterocycles. The second-order valence-electron chi connectivity index (χ2n) is 7.53. The lowest BCUT2D eigenvalue weighted by Gasteiger charge is -2.34. The molecule has 6 nitrogen and oxygen atoms in total. The molecule has 0 saturated carbocycles. The van der Waals surface area contributed by atoms with Crippen molar-refractivity contribution in [3.63, 3.8) is 0 Å². The van der Waals surface area contributed by atoms with Gasteiger partial charge in [-0.2, -0.15) is 0 Å². The topological polar surface area (TPSA) is 59.1 Å². The Morgan fingerprint density at radius 2 is 2.27 bits per heavy atom. The van der Waals surface area contributed by atoms with Crippen LogP contribution in [0.5, 0.6) is 5.75 Å². The van der Waals surface area contributed by atoms with E-state index in [1.807, 2.05) is 4.90 Å². The molecule has 3 aliphatic rings. The number of likely N-dealkylation sites (tertiary alicyclic amines) is 1. The molecule has 3 heterocycles. The maximum Gasteiger partial charge on any atom is 0.260 e. The van der Waals surface area contributed by atoms with E-state index in [2.05, 4.69) is 13.8 Å². The van der Waals surface area contributed by atoms with Crippen molar-refractivity contribution in [2.24, 2.45) is 5.92 Å². The Kier molecular flexibility index (Phi) is 4.35. The van der Waals surface area contributed by atoms with Gasteiger partial charge < -0.3 is 19.3 Å². The predicted molar refractivity (Wildman–Crippen MR) is 95.8 cm³/mol. The lowest BCUT2D eigenvalue weighted by Crippen LogP contribution is -2.51. The molecule has 0 bridgehead atoms. The number of halogens is 1. The quantitative estimate of drug-likeness (QED) is 0.806. The van der Waals surface area contributed by atoms with E-state index >= 15 is 0 Å². The molecule has 0 unspecified atom stereocenters. The first-order valence-electron chi connectivity index (χ1n) is 9.06. The number of hydrogen-bond donors (Lipinski definition) is 0. The fourth-order valence-corrected chi connectivity index (χ4v) is 4.63. The number of amides is 2. The minimum atomic E-state index is -0.641. The molecule has 1 spiro atoms. The van der Waals surface area contributed by atoms with E-state index in [9.17, 15) is 9.59 Å². The largest absolute Gasteiger partial charge is 0.484 e. The van der Waals surface area contributed by atoms with Crippen molar-refractivity contribution in [1.29, 1.82) is 0 Å². The molecular formula is C19H23ClN2O4. The van der Waals surface area contributed by atoms with Gasteiger partial charge in [-0.25, -0.2) is 0 Å². The first kappa shape index (κ1) is 17.6. The van der Waals surface area contributed by atoms with E-state index in [1.165, 1.54) is 0 Å².